The molecule has 0 bridgehead atoms. The lowest BCUT2D eigenvalue weighted by atomic mass is 10.1. The zero-order valence-electron chi connectivity index (χ0n) is 13.3. The molecular weight excluding hydrogens is 276 g/mol. The van der Waals surface area contributed by atoms with Crippen molar-refractivity contribution < 1.29 is 9.47 Å². The maximum Gasteiger partial charge on any atom is 0.119 e. The molecule has 0 saturated carbocycles. The van der Waals surface area contributed by atoms with Crippen LogP contribution in [0.2, 0.25) is 0 Å². The number of hydrogen-bond acceptors (Lipinski definition) is 4. The SMILES string of the molecule is CCC(C)COc1ccc(N=Nc2ccc(OC)cc2)cc1. The molecule has 22 heavy (non-hydrogen) atoms. The van der Waals surface area contributed by atoms with Crippen molar-refractivity contribution in [2.45, 2.75) is 20.3 Å². The Bertz CT molecular complexity index is 591. The van der Waals surface area contributed by atoms with Gasteiger partial charge < -0.3 is 9.47 Å². The van der Waals surface area contributed by atoms with Gasteiger partial charge in [-0.3, -0.25) is 0 Å². The summed E-state index contributed by atoms with van der Waals surface area (Å²) in [4.78, 5) is 0. The standard InChI is InChI=1S/C18H22N2O2/c1-4-14(2)13-22-18-11-7-16(8-12-18)20-19-15-5-9-17(21-3)10-6-15/h5-12,14H,4,13H2,1-3H3. The second-order valence-corrected chi connectivity index (χ2v) is 5.22. The quantitative estimate of drug-likeness (QED) is 0.630. The molecule has 1 unspecified atom stereocenters. The van der Waals surface area contributed by atoms with Crippen LogP contribution in [0.15, 0.2) is 58.8 Å². The average molecular weight is 298 g/mol. The van der Waals surface area contributed by atoms with Gasteiger partial charge in [0.2, 0.25) is 0 Å². The van der Waals surface area contributed by atoms with Crippen molar-refractivity contribution >= 4 is 11.4 Å². The second kappa shape index (κ2) is 8.17. The van der Waals surface area contributed by atoms with Crippen LogP contribution in [0.25, 0.3) is 0 Å². The number of hydrogen-bond donors (Lipinski definition) is 0. The molecule has 0 aliphatic carbocycles. The predicted molar refractivity (Wildman–Crippen MR) is 88.6 cm³/mol. The molecule has 0 aliphatic rings. The minimum atomic E-state index is 0.564. The van der Waals surface area contributed by atoms with Gasteiger partial charge in [0.1, 0.15) is 11.5 Å². The van der Waals surface area contributed by atoms with Gasteiger partial charge in [-0.1, -0.05) is 20.3 Å². The van der Waals surface area contributed by atoms with E-state index in [4.69, 9.17) is 9.47 Å². The van der Waals surface area contributed by atoms with Crippen molar-refractivity contribution in [1.29, 1.82) is 0 Å². The summed E-state index contributed by atoms with van der Waals surface area (Å²) in [7, 11) is 1.64. The largest absolute Gasteiger partial charge is 0.497 e. The molecule has 0 radical (unpaired) electrons. The van der Waals surface area contributed by atoms with Crippen LogP contribution >= 0.6 is 0 Å². The van der Waals surface area contributed by atoms with E-state index < -0.39 is 0 Å². The van der Waals surface area contributed by atoms with Gasteiger partial charge in [0, 0.05) is 0 Å². The lowest BCUT2D eigenvalue weighted by Gasteiger charge is -2.10. The lowest BCUT2D eigenvalue weighted by Crippen LogP contribution is -2.06. The number of ether oxygens (including phenoxy) is 2. The van der Waals surface area contributed by atoms with Crippen molar-refractivity contribution in [2.24, 2.45) is 16.1 Å². The molecule has 0 saturated heterocycles. The van der Waals surface area contributed by atoms with Crippen LogP contribution < -0.4 is 9.47 Å². The van der Waals surface area contributed by atoms with E-state index in [1.165, 1.54) is 0 Å². The number of azo groups is 1. The van der Waals surface area contributed by atoms with E-state index in [0.29, 0.717) is 5.92 Å². The first kappa shape index (κ1) is 16.0. The Hall–Kier alpha value is -2.36. The summed E-state index contributed by atoms with van der Waals surface area (Å²) in [5.74, 6) is 2.24. The third-order valence-corrected chi connectivity index (χ3v) is 3.42. The first-order valence-corrected chi connectivity index (χ1v) is 7.50. The molecule has 1 atom stereocenters. The van der Waals surface area contributed by atoms with E-state index in [2.05, 4.69) is 24.1 Å². The first-order valence-electron chi connectivity index (χ1n) is 7.50. The molecular formula is C18H22N2O2. The van der Waals surface area contributed by atoms with Crippen LogP contribution in [0.1, 0.15) is 20.3 Å². The maximum absolute atomic E-state index is 5.72. The van der Waals surface area contributed by atoms with Crippen LogP contribution in [0, 0.1) is 5.92 Å². The third-order valence-electron chi connectivity index (χ3n) is 3.42. The minimum Gasteiger partial charge on any atom is -0.497 e. The molecule has 0 heterocycles. The van der Waals surface area contributed by atoms with Crippen LogP contribution in [-0.4, -0.2) is 13.7 Å². The molecule has 2 rings (SSSR count). The zero-order chi connectivity index (χ0) is 15.8. The van der Waals surface area contributed by atoms with Crippen molar-refractivity contribution in [2.75, 3.05) is 13.7 Å². The average Bonchev–Trinajstić information content (AvgIpc) is 2.59. The highest BCUT2D eigenvalue weighted by Gasteiger charge is 2.00. The van der Waals surface area contributed by atoms with Gasteiger partial charge in [-0.15, -0.1) is 0 Å². The summed E-state index contributed by atoms with van der Waals surface area (Å²) in [5.41, 5.74) is 1.59. The highest BCUT2D eigenvalue weighted by molar-refractivity contribution is 5.44. The Morgan fingerprint density at radius 1 is 0.864 bits per heavy atom. The molecule has 4 nitrogen and oxygen atoms in total. The van der Waals surface area contributed by atoms with Gasteiger partial charge in [0.05, 0.1) is 25.1 Å². The van der Waals surface area contributed by atoms with E-state index in [-0.39, 0.29) is 0 Å². The Morgan fingerprint density at radius 3 is 1.82 bits per heavy atom. The van der Waals surface area contributed by atoms with Gasteiger partial charge in [-0.2, -0.15) is 10.2 Å². The Labute approximate surface area is 131 Å². The molecule has 0 aliphatic heterocycles. The van der Waals surface area contributed by atoms with Crippen molar-refractivity contribution in [3.05, 3.63) is 48.5 Å². The first-order chi connectivity index (χ1) is 10.7. The van der Waals surface area contributed by atoms with Crippen molar-refractivity contribution in [1.82, 2.24) is 0 Å². The molecule has 0 N–H and O–H groups in total. The second-order valence-electron chi connectivity index (χ2n) is 5.22. The summed E-state index contributed by atoms with van der Waals surface area (Å²) < 4.78 is 10.8. The summed E-state index contributed by atoms with van der Waals surface area (Å²) in [6, 6.07) is 15.1. The third kappa shape index (κ3) is 4.88. The van der Waals surface area contributed by atoms with Crippen molar-refractivity contribution in [3.63, 3.8) is 0 Å². The molecule has 0 aromatic heterocycles. The van der Waals surface area contributed by atoms with Crippen LogP contribution in [-0.2, 0) is 0 Å². The molecule has 2 aromatic rings. The van der Waals surface area contributed by atoms with Crippen LogP contribution in [0.4, 0.5) is 11.4 Å². The van der Waals surface area contributed by atoms with Gasteiger partial charge in [-0.05, 0) is 54.4 Å². The summed E-state index contributed by atoms with van der Waals surface area (Å²) in [6.07, 6.45) is 1.12. The van der Waals surface area contributed by atoms with Gasteiger partial charge in [-0.25, -0.2) is 0 Å². The Balaban J connectivity index is 1.93. The Kier molecular flexibility index (Phi) is 5.95. The Morgan fingerprint density at radius 2 is 1.36 bits per heavy atom. The van der Waals surface area contributed by atoms with Gasteiger partial charge in [0.15, 0.2) is 0 Å². The number of rotatable bonds is 7. The van der Waals surface area contributed by atoms with E-state index in [0.717, 1.165) is 35.9 Å². The molecule has 0 amide bonds. The van der Waals surface area contributed by atoms with Crippen LogP contribution in [0.3, 0.4) is 0 Å². The van der Waals surface area contributed by atoms with E-state index in [9.17, 15) is 0 Å². The molecule has 0 spiro atoms. The smallest absolute Gasteiger partial charge is 0.119 e. The summed E-state index contributed by atoms with van der Waals surface area (Å²) in [6.45, 7) is 5.08. The molecule has 0 fully saturated rings. The van der Waals surface area contributed by atoms with Gasteiger partial charge in [0.25, 0.3) is 0 Å². The van der Waals surface area contributed by atoms with Crippen molar-refractivity contribution in [3.8, 4) is 11.5 Å². The van der Waals surface area contributed by atoms with E-state index >= 15 is 0 Å². The topological polar surface area (TPSA) is 43.2 Å². The normalized spacial score (nSPS) is 12.3. The predicted octanol–water partition coefficient (Wildman–Crippen LogP) is 5.54. The molecule has 4 heteroatoms. The highest BCUT2D eigenvalue weighted by Crippen LogP contribution is 2.23. The van der Waals surface area contributed by atoms with E-state index in [1.807, 2.05) is 48.5 Å². The fourth-order valence-electron chi connectivity index (χ4n) is 1.73. The van der Waals surface area contributed by atoms with Gasteiger partial charge >= 0.3 is 0 Å². The minimum absolute atomic E-state index is 0.564. The van der Waals surface area contributed by atoms with E-state index in [1.54, 1.807) is 7.11 Å². The highest BCUT2D eigenvalue weighted by atomic mass is 16.5. The number of benzene rings is 2. The number of nitrogens with zero attached hydrogens (tertiary/aromatic N) is 2. The zero-order valence-corrected chi connectivity index (χ0v) is 13.3. The lowest BCUT2D eigenvalue weighted by molar-refractivity contribution is 0.256. The molecule has 2 aromatic carbocycles. The summed E-state index contributed by atoms with van der Waals surface area (Å²) in [5, 5.41) is 8.41. The summed E-state index contributed by atoms with van der Waals surface area (Å²) >= 11 is 0. The van der Waals surface area contributed by atoms with Crippen LogP contribution in [0.5, 0.6) is 11.5 Å². The maximum atomic E-state index is 5.72. The molecule has 116 valence electrons. The fraction of sp³-hybridized carbons (Fsp3) is 0.333. The monoisotopic (exact) mass is 298 g/mol. The fourth-order valence-corrected chi connectivity index (χ4v) is 1.73. The number of methoxy groups -OCH3 is 1.